The molecule has 1 aliphatic rings. The Morgan fingerprint density at radius 3 is 2.94 bits per heavy atom. The molecule has 2 rings (SSSR count). The molecule has 2 unspecified atom stereocenters. The van der Waals surface area contributed by atoms with Crippen molar-refractivity contribution < 1.29 is 8.42 Å². The fourth-order valence-corrected chi connectivity index (χ4v) is 5.27. The van der Waals surface area contributed by atoms with Crippen LogP contribution in [0.2, 0.25) is 0 Å². The number of hydrogen-bond acceptors (Lipinski definition) is 4. The van der Waals surface area contributed by atoms with Gasteiger partial charge in [0.05, 0.1) is 11.5 Å². The van der Waals surface area contributed by atoms with Crippen LogP contribution < -0.4 is 5.32 Å². The van der Waals surface area contributed by atoms with Crippen molar-refractivity contribution in [2.24, 2.45) is 11.8 Å². The van der Waals surface area contributed by atoms with Crippen LogP contribution in [-0.2, 0) is 16.3 Å². The molecule has 1 aromatic heterocycles. The molecule has 1 N–H and O–H groups in total. The first kappa shape index (κ1) is 13.1. The first-order valence-corrected chi connectivity index (χ1v) is 8.68. The van der Waals surface area contributed by atoms with Crippen LogP contribution in [0.3, 0.4) is 0 Å². The molecular weight excluding hydrogens is 254 g/mol. The van der Waals surface area contributed by atoms with Crippen molar-refractivity contribution in [1.29, 1.82) is 0 Å². The minimum absolute atomic E-state index is 0.328. The van der Waals surface area contributed by atoms with E-state index >= 15 is 0 Å². The molecule has 0 saturated carbocycles. The highest BCUT2D eigenvalue weighted by atomic mass is 32.2. The number of nitrogens with one attached hydrogen (secondary N) is 1. The van der Waals surface area contributed by atoms with Gasteiger partial charge >= 0.3 is 0 Å². The topological polar surface area (TPSA) is 46.2 Å². The van der Waals surface area contributed by atoms with E-state index < -0.39 is 9.84 Å². The molecule has 2 heterocycles. The van der Waals surface area contributed by atoms with Crippen LogP contribution in [-0.4, -0.2) is 33.5 Å². The average molecular weight is 273 g/mol. The van der Waals surface area contributed by atoms with Gasteiger partial charge in [0, 0.05) is 4.88 Å². The van der Waals surface area contributed by atoms with Gasteiger partial charge in [-0.3, -0.25) is 0 Å². The lowest BCUT2D eigenvalue weighted by molar-refractivity contribution is 0.353. The lowest BCUT2D eigenvalue weighted by atomic mass is 9.88. The van der Waals surface area contributed by atoms with E-state index in [1.165, 1.54) is 4.88 Å². The van der Waals surface area contributed by atoms with Crippen molar-refractivity contribution in [2.45, 2.75) is 12.8 Å². The van der Waals surface area contributed by atoms with Gasteiger partial charge in [-0.25, -0.2) is 8.42 Å². The van der Waals surface area contributed by atoms with Gasteiger partial charge in [-0.05, 0) is 49.7 Å². The third-order valence-corrected chi connectivity index (χ3v) is 6.14. The first-order chi connectivity index (χ1) is 8.11. The number of thiophene rings is 1. The van der Waals surface area contributed by atoms with E-state index in [2.05, 4.69) is 22.8 Å². The van der Waals surface area contributed by atoms with Crippen molar-refractivity contribution in [3.63, 3.8) is 0 Å². The van der Waals surface area contributed by atoms with E-state index in [-0.39, 0.29) is 0 Å². The third-order valence-electron chi connectivity index (χ3n) is 3.44. The molecular formula is C12H19NO2S2. The summed E-state index contributed by atoms with van der Waals surface area (Å²) in [6.07, 6.45) is 1.83. The number of rotatable bonds is 5. The van der Waals surface area contributed by atoms with Crippen molar-refractivity contribution >= 4 is 21.2 Å². The Morgan fingerprint density at radius 1 is 1.59 bits per heavy atom. The molecule has 0 bridgehead atoms. The Hall–Kier alpha value is -0.390. The standard InChI is InChI=1S/C12H19NO2S2/c1-13-8-11(7-12-3-2-5-16-12)10-4-6-17(14,15)9-10/h2-3,5,10-11,13H,4,6-9H2,1H3. The zero-order valence-electron chi connectivity index (χ0n) is 10.1. The monoisotopic (exact) mass is 273 g/mol. The fraction of sp³-hybridized carbons (Fsp3) is 0.667. The van der Waals surface area contributed by atoms with E-state index in [0.717, 1.165) is 19.4 Å². The highest BCUT2D eigenvalue weighted by molar-refractivity contribution is 7.91. The second-order valence-corrected chi connectivity index (χ2v) is 8.03. The molecule has 1 fully saturated rings. The van der Waals surface area contributed by atoms with E-state index in [1.807, 2.05) is 7.05 Å². The van der Waals surface area contributed by atoms with Gasteiger partial charge < -0.3 is 5.32 Å². The molecule has 2 atom stereocenters. The Bertz CT molecular complexity index is 439. The Labute approximate surface area is 107 Å². The van der Waals surface area contributed by atoms with E-state index in [4.69, 9.17) is 0 Å². The lowest BCUT2D eigenvalue weighted by Crippen LogP contribution is -2.28. The van der Waals surface area contributed by atoms with Gasteiger partial charge in [0.25, 0.3) is 0 Å². The largest absolute Gasteiger partial charge is 0.319 e. The normalized spacial score (nSPS) is 24.9. The zero-order valence-corrected chi connectivity index (χ0v) is 11.7. The van der Waals surface area contributed by atoms with E-state index in [9.17, 15) is 8.42 Å². The van der Waals surface area contributed by atoms with E-state index in [0.29, 0.717) is 23.3 Å². The van der Waals surface area contributed by atoms with Crippen molar-refractivity contribution in [3.8, 4) is 0 Å². The fourth-order valence-electron chi connectivity index (χ4n) is 2.55. The summed E-state index contributed by atoms with van der Waals surface area (Å²) in [6.45, 7) is 0.901. The lowest BCUT2D eigenvalue weighted by Gasteiger charge is -2.21. The summed E-state index contributed by atoms with van der Waals surface area (Å²) in [5.74, 6) is 1.53. The summed E-state index contributed by atoms with van der Waals surface area (Å²) in [7, 11) is -0.827. The summed E-state index contributed by atoms with van der Waals surface area (Å²) >= 11 is 1.76. The van der Waals surface area contributed by atoms with Crippen LogP contribution in [0.5, 0.6) is 0 Å². The van der Waals surface area contributed by atoms with Gasteiger partial charge in [0.15, 0.2) is 9.84 Å². The van der Waals surface area contributed by atoms with Crippen molar-refractivity contribution in [2.75, 3.05) is 25.1 Å². The number of hydrogen-bond donors (Lipinski definition) is 1. The summed E-state index contributed by atoms with van der Waals surface area (Å²) in [5.41, 5.74) is 0. The van der Waals surface area contributed by atoms with E-state index in [1.54, 1.807) is 11.3 Å². The number of sulfone groups is 1. The molecule has 1 saturated heterocycles. The summed E-state index contributed by atoms with van der Waals surface area (Å²) in [5, 5.41) is 5.27. The molecule has 0 aliphatic carbocycles. The molecule has 1 aromatic rings. The second kappa shape index (κ2) is 5.50. The molecule has 0 aromatic carbocycles. The SMILES string of the molecule is CNCC(Cc1cccs1)C1CCS(=O)(=O)C1. The highest BCUT2D eigenvalue weighted by Crippen LogP contribution is 2.29. The molecule has 3 nitrogen and oxygen atoms in total. The molecule has 17 heavy (non-hydrogen) atoms. The molecule has 5 heteroatoms. The van der Waals surface area contributed by atoms with Gasteiger partial charge in [-0.15, -0.1) is 11.3 Å². The third kappa shape index (κ3) is 3.53. The zero-order chi connectivity index (χ0) is 12.3. The maximum atomic E-state index is 11.5. The van der Waals surface area contributed by atoms with Crippen LogP contribution in [0.25, 0.3) is 0 Å². The summed E-state index contributed by atoms with van der Waals surface area (Å²) in [4.78, 5) is 1.36. The van der Waals surface area contributed by atoms with Crippen molar-refractivity contribution in [1.82, 2.24) is 5.32 Å². The maximum Gasteiger partial charge on any atom is 0.150 e. The minimum atomic E-state index is -2.76. The minimum Gasteiger partial charge on any atom is -0.319 e. The van der Waals surface area contributed by atoms with Gasteiger partial charge in [0.1, 0.15) is 0 Å². The Kier molecular flexibility index (Phi) is 4.22. The van der Waals surface area contributed by atoms with Gasteiger partial charge in [-0.1, -0.05) is 6.07 Å². The van der Waals surface area contributed by atoms with Crippen LogP contribution in [0.4, 0.5) is 0 Å². The molecule has 96 valence electrons. The second-order valence-electron chi connectivity index (χ2n) is 4.76. The molecule has 1 aliphatic heterocycles. The van der Waals surface area contributed by atoms with Gasteiger partial charge in [-0.2, -0.15) is 0 Å². The van der Waals surface area contributed by atoms with Crippen LogP contribution >= 0.6 is 11.3 Å². The molecule has 0 amide bonds. The summed E-state index contributed by atoms with van der Waals surface area (Å²) in [6, 6.07) is 4.19. The molecule has 0 radical (unpaired) electrons. The average Bonchev–Trinajstić information content (AvgIpc) is 2.87. The Balaban J connectivity index is 2.02. The smallest absolute Gasteiger partial charge is 0.150 e. The van der Waals surface area contributed by atoms with Crippen LogP contribution in [0, 0.1) is 11.8 Å². The van der Waals surface area contributed by atoms with Gasteiger partial charge in [0.2, 0.25) is 0 Å². The first-order valence-electron chi connectivity index (χ1n) is 5.98. The van der Waals surface area contributed by atoms with Crippen LogP contribution in [0.1, 0.15) is 11.3 Å². The summed E-state index contributed by atoms with van der Waals surface area (Å²) < 4.78 is 23.1. The van der Waals surface area contributed by atoms with Crippen LogP contribution in [0.15, 0.2) is 17.5 Å². The predicted octanol–water partition coefficient (Wildman–Crippen LogP) is 1.56. The molecule has 0 spiro atoms. The Morgan fingerprint density at radius 2 is 2.41 bits per heavy atom. The predicted molar refractivity (Wildman–Crippen MR) is 72.2 cm³/mol. The van der Waals surface area contributed by atoms with Crippen molar-refractivity contribution in [3.05, 3.63) is 22.4 Å². The maximum absolute atomic E-state index is 11.5. The highest BCUT2D eigenvalue weighted by Gasteiger charge is 2.33. The quantitative estimate of drug-likeness (QED) is 0.885.